The fourth-order valence-electron chi connectivity index (χ4n) is 18.1. The SMILES string of the molecule is CC[C@H](C)[C@@H]1NC(=O)[C@H](CC(C)C)N(C)C(=O)C[C@@H](C(=O)N2CCOCC2)N(C)C(=O)[C@H](C2CCCC2)N(C)C(=O)C2(CCCC2)NC(=O)[C@@H]2C[C@H](OC)CN2C(=O)[C@H](CCC2CC(F)C(C(F)(F)F)C(F)C2)NC(=O)CN(C)C(=O)[C@H](CC2CCC(C(F)(F)F)CC2)N2CCCC[C@@H](C2=O)N(C)C(=O)CN(C)C1=O. The summed E-state index contributed by atoms with van der Waals surface area (Å²) in [6.45, 7) is 5.77. The van der Waals surface area contributed by atoms with Crippen molar-refractivity contribution in [2.24, 2.45) is 41.4 Å². The molecule has 1 spiro atoms. The number of fused-ring (bicyclic) bond motifs is 3. The van der Waals surface area contributed by atoms with Gasteiger partial charge >= 0.3 is 12.4 Å². The first-order valence-corrected chi connectivity index (χ1v) is 39.6. The van der Waals surface area contributed by atoms with E-state index < -0.39 is 230 Å². The van der Waals surface area contributed by atoms with E-state index in [4.69, 9.17) is 9.47 Å². The molecule has 26 nitrogen and oxygen atoms in total. The molecule has 2 bridgehead atoms. The molecule has 622 valence electrons. The molecule has 0 aromatic heterocycles. The molecule has 4 aliphatic carbocycles. The number of rotatable bonds is 12. The normalized spacial score (nSPS) is 32.3. The maximum absolute atomic E-state index is 15.8. The van der Waals surface area contributed by atoms with Crippen LogP contribution in [0.4, 0.5) is 35.1 Å². The van der Waals surface area contributed by atoms with Crippen molar-refractivity contribution in [3.8, 4) is 0 Å². The quantitative estimate of drug-likeness (QED) is 0.190. The van der Waals surface area contributed by atoms with Gasteiger partial charge in [-0.05, 0) is 139 Å². The van der Waals surface area contributed by atoms with Crippen molar-refractivity contribution in [2.75, 3.05) is 102 Å². The number of halogens is 8. The molecule has 8 rings (SSSR count). The van der Waals surface area contributed by atoms with Crippen LogP contribution < -0.4 is 16.0 Å². The van der Waals surface area contributed by atoms with Crippen molar-refractivity contribution in [1.82, 2.24) is 60.0 Å². The number of morpholine rings is 1. The number of hydrogen-bond donors (Lipinski definition) is 3. The van der Waals surface area contributed by atoms with Gasteiger partial charge < -0.3 is 69.5 Å². The third kappa shape index (κ3) is 21.3. The van der Waals surface area contributed by atoms with E-state index in [-0.39, 0.29) is 122 Å². The number of alkyl halides is 8. The maximum Gasteiger partial charge on any atom is 0.397 e. The van der Waals surface area contributed by atoms with Crippen LogP contribution in [0.25, 0.3) is 0 Å². The van der Waals surface area contributed by atoms with Gasteiger partial charge in [-0.1, -0.05) is 59.8 Å². The number of carbonyl (C=O) groups is 12. The van der Waals surface area contributed by atoms with Crippen molar-refractivity contribution in [3.05, 3.63) is 0 Å². The number of methoxy groups -OCH3 is 1. The largest absolute Gasteiger partial charge is 0.397 e. The molecule has 2 unspecified atom stereocenters. The number of amides is 12. The Morgan fingerprint density at radius 2 is 1.21 bits per heavy atom. The van der Waals surface area contributed by atoms with Gasteiger partial charge in [-0.2, -0.15) is 26.3 Å². The van der Waals surface area contributed by atoms with Gasteiger partial charge in [0.05, 0.1) is 44.7 Å². The summed E-state index contributed by atoms with van der Waals surface area (Å²) in [7, 11) is 9.43. The van der Waals surface area contributed by atoms with E-state index in [1.54, 1.807) is 13.8 Å². The van der Waals surface area contributed by atoms with Crippen molar-refractivity contribution in [3.63, 3.8) is 0 Å². The first-order chi connectivity index (χ1) is 51.7. The van der Waals surface area contributed by atoms with E-state index in [0.717, 1.165) is 19.6 Å². The van der Waals surface area contributed by atoms with E-state index in [2.05, 4.69) is 16.0 Å². The molecule has 8 fully saturated rings. The van der Waals surface area contributed by atoms with Crippen LogP contribution in [0.1, 0.15) is 182 Å². The Labute approximate surface area is 640 Å². The Morgan fingerprint density at radius 1 is 0.600 bits per heavy atom. The summed E-state index contributed by atoms with van der Waals surface area (Å²) in [6.07, 6.45) is -15.5. The molecule has 12 amide bonds. The van der Waals surface area contributed by atoms with Crippen LogP contribution in [0.2, 0.25) is 0 Å². The number of carbonyl (C=O) groups excluding carboxylic acids is 12. The van der Waals surface area contributed by atoms with Gasteiger partial charge in [0.2, 0.25) is 70.9 Å². The van der Waals surface area contributed by atoms with E-state index in [1.165, 1.54) is 73.9 Å². The Bertz CT molecular complexity index is 3250. The number of nitrogens with zero attached hydrogens (tertiary/aromatic N) is 9. The molecule has 4 saturated heterocycles. The molecule has 8 aliphatic rings. The van der Waals surface area contributed by atoms with E-state index in [0.29, 0.717) is 51.4 Å². The molecule has 12 atom stereocenters. The molecule has 4 saturated carbocycles. The summed E-state index contributed by atoms with van der Waals surface area (Å²) in [5.41, 5.74) is -1.72. The van der Waals surface area contributed by atoms with E-state index in [1.807, 2.05) is 13.8 Å². The van der Waals surface area contributed by atoms with Crippen LogP contribution in [0.5, 0.6) is 0 Å². The second-order valence-electron chi connectivity index (χ2n) is 33.0. The highest BCUT2D eigenvalue weighted by Crippen LogP contribution is 2.46. The van der Waals surface area contributed by atoms with Crippen molar-refractivity contribution in [2.45, 2.75) is 266 Å². The van der Waals surface area contributed by atoms with Crippen LogP contribution >= 0.6 is 0 Å². The van der Waals surface area contributed by atoms with Gasteiger partial charge in [0.25, 0.3) is 0 Å². The Balaban J connectivity index is 1.20. The van der Waals surface area contributed by atoms with Gasteiger partial charge in [0.15, 0.2) is 0 Å². The maximum atomic E-state index is 15.8. The van der Waals surface area contributed by atoms with E-state index in [9.17, 15) is 45.5 Å². The highest BCUT2D eigenvalue weighted by Gasteiger charge is 2.56. The first kappa shape index (κ1) is 88.6. The Kier molecular flexibility index (Phi) is 30.8. The smallest absolute Gasteiger partial charge is 0.380 e. The molecule has 4 aliphatic heterocycles. The third-order valence-corrected chi connectivity index (χ3v) is 25.0. The summed E-state index contributed by atoms with van der Waals surface area (Å²) < 4.78 is 127. The second-order valence-corrected chi connectivity index (χ2v) is 33.0. The molecule has 110 heavy (non-hydrogen) atoms. The predicted molar refractivity (Wildman–Crippen MR) is 385 cm³/mol. The predicted octanol–water partition coefficient (Wildman–Crippen LogP) is 5.96. The fraction of sp³-hybridized carbons (Fsp3) is 0.842. The molecule has 0 aromatic rings. The number of hydrogen-bond acceptors (Lipinski definition) is 14. The summed E-state index contributed by atoms with van der Waals surface area (Å²) >= 11 is 0. The number of likely N-dealkylation sites (N-methyl/N-ethyl adjacent to an activating group) is 6. The minimum atomic E-state index is -5.22. The van der Waals surface area contributed by atoms with Crippen LogP contribution in [-0.4, -0.2) is 302 Å². The molecular weight excluding hydrogens is 1460 g/mol. The van der Waals surface area contributed by atoms with Crippen LogP contribution in [0.15, 0.2) is 0 Å². The van der Waals surface area contributed by atoms with Crippen molar-refractivity contribution < 1.29 is 102 Å². The second kappa shape index (κ2) is 38.2. The zero-order chi connectivity index (χ0) is 81.2. The van der Waals surface area contributed by atoms with Gasteiger partial charge in [0.1, 0.15) is 72.1 Å². The molecule has 34 heteroatoms. The fourth-order valence-corrected chi connectivity index (χ4v) is 18.1. The summed E-state index contributed by atoms with van der Waals surface area (Å²) in [5, 5.41) is 8.49. The Morgan fingerprint density at radius 3 is 1.79 bits per heavy atom. The minimum absolute atomic E-state index is 0.00738. The highest BCUT2D eigenvalue weighted by atomic mass is 19.4. The Hall–Kier alpha value is -7.00. The van der Waals surface area contributed by atoms with Gasteiger partial charge in [-0.25, -0.2) is 8.78 Å². The van der Waals surface area contributed by atoms with Crippen LogP contribution in [0, 0.1) is 41.4 Å². The topological polar surface area (TPSA) is 289 Å². The lowest BCUT2D eigenvalue weighted by atomic mass is 9.76. The van der Waals surface area contributed by atoms with Crippen LogP contribution in [0.3, 0.4) is 0 Å². The summed E-state index contributed by atoms with van der Waals surface area (Å²) in [5.74, 6) is -16.8. The zero-order valence-electron chi connectivity index (χ0n) is 65.8. The third-order valence-electron chi connectivity index (χ3n) is 25.0. The highest BCUT2D eigenvalue weighted by molar-refractivity contribution is 6.01. The number of nitrogens with one attached hydrogen (secondary N) is 3. The first-order valence-electron chi connectivity index (χ1n) is 39.6. The molecular formula is C76H118F8N12O14. The summed E-state index contributed by atoms with van der Waals surface area (Å²) in [6, 6.07) is -11.3. The number of ether oxygens (including phenoxy) is 2. The average Bonchev–Trinajstić information content (AvgIpc) is 1.53. The lowest BCUT2D eigenvalue weighted by molar-refractivity contribution is -0.219. The molecule has 4 heterocycles. The molecule has 3 N–H and O–H groups in total. The van der Waals surface area contributed by atoms with Gasteiger partial charge in [-0.15, -0.1) is 0 Å². The minimum Gasteiger partial charge on any atom is -0.380 e. The molecule has 0 radical (unpaired) electrons. The summed E-state index contributed by atoms with van der Waals surface area (Å²) in [4.78, 5) is 193. The average molecular weight is 1580 g/mol. The van der Waals surface area contributed by atoms with Gasteiger partial charge in [-0.3, -0.25) is 57.5 Å². The standard InChI is InChI=1S/C76H118F8N12O14/c1-12-45(4)63-71(106)89(6)43-61(99)90(7)54-21-15-18-30-95(70(54)105)58(38-46-22-25-49(26-23-46)75(79,80)81)68(103)88(5)42-59(97)85-53(27-24-47-36-51(77)62(52(78)37-47)76(82,83)84)67(102)96-41-50(109-11)39-56(96)66(101)87-74(28-16-17-29-74)73(108)93(10)64(48-19-13-14-20-48)72(107)92(9)57(69(104)94-31-33-110-34-32-94)40-60(98)91(8)55(35-44(2)3)65(100)86-63/h44-58,62-64H,12-43H2,1-11H3,(H,85,97)(H,86,100)(H,87,101)/t45-,46?,47?,49?,50-,51?,52?,53-,54-,55-,56-,57-,58-,62?,63-,64-/m0/s1. The lowest BCUT2D eigenvalue weighted by Crippen LogP contribution is -2.65. The lowest BCUT2D eigenvalue weighted by Gasteiger charge is -2.42. The van der Waals surface area contributed by atoms with Gasteiger partial charge in [0, 0.05) is 82.0 Å². The van der Waals surface area contributed by atoms with Crippen molar-refractivity contribution >= 4 is 70.9 Å². The monoisotopic (exact) mass is 1570 g/mol. The van der Waals surface area contributed by atoms with E-state index >= 15 is 47.1 Å². The van der Waals surface area contributed by atoms with Crippen molar-refractivity contribution in [1.29, 1.82) is 0 Å². The molecule has 0 aromatic carbocycles. The van der Waals surface area contributed by atoms with Crippen LogP contribution in [-0.2, 0) is 67.0 Å². The zero-order valence-corrected chi connectivity index (χ0v) is 65.8.